The fraction of sp³-hybridized carbons (Fsp3) is 0.474. The van der Waals surface area contributed by atoms with E-state index in [1.807, 2.05) is 44.4 Å². The van der Waals surface area contributed by atoms with Crippen molar-refractivity contribution < 1.29 is 19.1 Å². The number of hydrogen-bond acceptors (Lipinski definition) is 4. The van der Waals surface area contributed by atoms with Crippen LogP contribution in [-0.4, -0.2) is 34.7 Å². The Hall–Kier alpha value is -2.50. The highest BCUT2D eigenvalue weighted by Gasteiger charge is 2.18. The zero-order chi connectivity index (χ0) is 18.6. The second-order valence-corrected chi connectivity index (χ2v) is 6.19. The lowest BCUT2D eigenvalue weighted by Crippen LogP contribution is -2.16. The van der Waals surface area contributed by atoms with Gasteiger partial charge in [0.05, 0.1) is 13.2 Å². The van der Waals surface area contributed by atoms with Crippen LogP contribution in [0.2, 0.25) is 0 Å². The second-order valence-electron chi connectivity index (χ2n) is 6.19. The van der Waals surface area contributed by atoms with Crippen LogP contribution in [-0.2, 0) is 16.0 Å². The molecule has 0 aromatic carbocycles. The molecule has 0 aliphatic heterocycles. The monoisotopic (exact) mass is 346 g/mol. The fourth-order valence-electron chi connectivity index (χ4n) is 3.01. The number of rotatable bonds is 7. The van der Waals surface area contributed by atoms with Crippen molar-refractivity contribution in [1.82, 2.24) is 9.55 Å². The number of nitrogens with zero attached hydrogens (tertiary/aromatic N) is 1. The molecule has 2 aromatic heterocycles. The predicted octanol–water partition coefficient (Wildman–Crippen LogP) is 3.47. The molecule has 136 valence electrons. The number of nitrogens with one attached hydrogen (secondary N) is 1. The third kappa shape index (κ3) is 4.32. The fourth-order valence-corrected chi connectivity index (χ4v) is 3.01. The Bertz CT molecular complexity index is 771. The zero-order valence-electron chi connectivity index (χ0n) is 15.6. The smallest absolute Gasteiger partial charge is 0.355 e. The summed E-state index contributed by atoms with van der Waals surface area (Å²) < 4.78 is 12.4. The largest absolute Gasteiger partial charge is 0.461 e. The maximum Gasteiger partial charge on any atom is 0.355 e. The first-order valence-corrected chi connectivity index (χ1v) is 8.52. The van der Waals surface area contributed by atoms with E-state index >= 15 is 0 Å². The van der Waals surface area contributed by atoms with Crippen LogP contribution in [0.25, 0.3) is 0 Å². The summed E-state index contributed by atoms with van der Waals surface area (Å²) in [6.45, 7) is 10.6. The molecule has 0 bridgehead atoms. The first-order valence-electron chi connectivity index (χ1n) is 8.52. The second kappa shape index (κ2) is 8.05. The third-order valence-electron chi connectivity index (χ3n) is 4.08. The summed E-state index contributed by atoms with van der Waals surface area (Å²) in [4.78, 5) is 27.2. The minimum Gasteiger partial charge on any atom is -0.461 e. The molecule has 0 aliphatic rings. The molecule has 25 heavy (non-hydrogen) atoms. The van der Waals surface area contributed by atoms with Gasteiger partial charge in [-0.25, -0.2) is 9.59 Å². The molecule has 6 nitrogen and oxygen atoms in total. The van der Waals surface area contributed by atoms with Gasteiger partial charge >= 0.3 is 11.9 Å². The summed E-state index contributed by atoms with van der Waals surface area (Å²) in [5.74, 6) is -0.667. The minimum absolute atomic E-state index is 0.287. The van der Waals surface area contributed by atoms with Crippen molar-refractivity contribution in [1.29, 1.82) is 0 Å². The molecule has 0 saturated heterocycles. The average Bonchev–Trinajstić information content (AvgIpc) is 3.02. The van der Waals surface area contributed by atoms with Gasteiger partial charge in [0.25, 0.3) is 0 Å². The Morgan fingerprint density at radius 1 is 1.04 bits per heavy atom. The number of carbonyl (C=O) groups excluding carboxylic acids is 2. The van der Waals surface area contributed by atoms with Gasteiger partial charge in [0.1, 0.15) is 11.4 Å². The van der Waals surface area contributed by atoms with Crippen molar-refractivity contribution in [3.05, 3.63) is 46.0 Å². The van der Waals surface area contributed by atoms with E-state index in [0.717, 1.165) is 22.5 Å². The number of carbonyl (C=O) groups is 2. The maximum absolute atomic E-state index is 12.1. The number of aryl methyl sites for hydroxylation is 4. The highest BCUT2D eigenvalue weighted by atomic mass is 16.5. The summed E-state index contributed by atoms with van der Waals surface area (Å²) in [6, 6.07) is 3.87. The van der Waals surface area contributed by atoms with Crippen LogP contribution < -0.4 is 0 Å². The highest BCUT2D eigenvalue weighted by molar-refractivity contribution is 5.90. The van der Waals surface area contributed by atoms with Crippen molar-refractivity contribution in [2.75, 3.05) is 13.2 Å². The minimum atomic E-state index is -0.350. The molecule has 0 fully saturated rings. The van der Waals surface area contributed by atoms with E-state index in [-0.39, 0.29) is 18.5 Å². The lowest BCUT2D eigenvalue weighted by atomic mass is 10.2. The number of H-pyrrole nitrogens is 1. The van der Waals surface area contributed by atoms with Gasteiger partial charge < -0.3 is 19.0 Å². The Balaban J connectivity index is 1.95. The molecule has 0 atom stereocenters. The van der Waals surface area contributed by atoms with E-state index in [0.29, 0.717) is 31.0 Å². The van der Waals surface area contributed by atoms with E-state index in [9.17, 15) is 9.59 Å². The number of esters is 2. The van der Waals surface area contributed by atoms with E-state index in [4.69, 9.17) is 9.47 Å². The van der Waals surface area contributed by atoms with Crippen molar-refractivity contribution in [3.8, 4) is 0 Å². The summed E-state index contributed by atoms with van der Waals surface area (Å²) in [7, 11) is 0. The quantitative estimate of drug-likeness (QED) is 0.615. The Kier molecular flexibility index (Phi) is 6.07. The molecule has 0 saturated carbocycles. The average molecular weight is 346 g/mol. The van der Waals surface area contributed by atoms with Gasteiger partial charge in [-0.1, -0.05) is 0 Å². The summed E-state index contributed by atoms with van der Waals surface area (Å²) in [5, 5.41) is 0. The first-order chi connectivity index (χ1) is 11.8. The third-order valence-corrected chi connectivity index (χ3v) is 4.08. The lowest BCUT2D eigenvalue weighted by molar-refractivity contribution is 0.0474. The van der Waals surface area contributed by atoms with Crippen LogP contribution in [0.15, 0.2) is 12.1 Å². The van der Waals surface area contributed by atoms with Crippen molar-refractivity contribution in [2.45, 2.75) is 47.6 Å². The van der Waals surface area contributed by atoms with Crippen molar-refractivity contribution >= 4 is 11.9 Å². The summed E-state index contributed by atoms with van der Waals surface area (Å²) >= 11 is 0. The van der Waals surface area contributed by atoms with E-state index < -0.39 is 0 Å². The number of aromatic nitrogens is 2. The topological polar surface area (TPSA) is 73.3 Å². The van der Waals surface area contributed by atoms with E-state index in [1.165, 1.54) is 0 Å². The van der Waals surface area contributed by atoms with Gasteiger partial charge in [0.15, 0.2) is 0 Å². The highest BCUT2D eigenvalue weighted by Crippen LogP contribution is 2.17. The van der Waals surface area contributed by atoms with Crippen LogP contribution in [0.1, 0.15) is 56.8 Å². The summed E-state index contributed by atoms with van der Waals surface area (Å²) in [6.07, 6.45) is 0.617. The van der Waals surface area contributed by atoms with Crippen LogP contribution in [0, 0.1) is 27.7 Å². The Labute approximate surface area is 148 Å². The predicted molar refractivity (Wildman–Crippen MR) is 95.0 cm³/mol. The van der Waals surface area contributed by atoms with E-state index in [2.05, 4.69) is 4.98 Å². The van der Waals surface area contributed by atoms with Gasteiger partial charge in [-0.2, -0.15) is 0 Å². The van der Waals surface area contributed by atoms with Crippen LogP contribution in [0.4, 0.5) is 0 Å². The Morgan fingerprint density at radius 2 is 1.76 bits per heavy atom. The van der Waals surface area contributed by atoms with Gasteiger partial charge in [-0.05, 0) is 64.3 Å². The number of hydrogen-bond donors (Lipinski definition) is 1. The molecule has 0 amide bonds. The number of ether oxygens (including phenoxy) is 2. The molecule has 0 unspecified atom stereocenters. The van der Waals surface area contributed by atoms with Crippen LogP contribution in [0.3, 0.4) is 0 Å². The zero-order valence-corrected chi connectivity index (χ0v) is 15.6. The Morgan fingerprint density at radius 3 is 2.36 bits per heavy atom. The summed E-state index contributed by atoms with van der Waals surface area (Å²) in [5.41, 5.74) is 4.76. The maximum atomic E-state index is 12.1. The molecule has 0 aliphatic carbocycles. The van der Waals surface area contributed by atoms with Gasteiger partial charge in [-0.15, -0.1) is 0 Å². The first kappa shape index (κ1) is 18.8. The molecule has 0 radical (unpaired) electrons. The molecule has 2 heterocycles. The van der Waals surface area contributed by atoms with Crippen molar-refractivity contribution in [3.63, 3.8) is 0 Å². The molecular weight excluding hydrogens is 320 g/mol. The lowest BCUT2D eigenvalue weighted by Gasteiger charge is -2.12. The van der Waals surface area contributed by atoms with Gasteiger partial charge in [0.2, 0.25) is 0 Å². The molecule has 6 heteroatoms. The molecule has 2 rings (SSSR count). The number of aromatic amines is 1. The van der Waals surface area contributed by atoms with E-state index in [1.54, 1.807) is 6.92 Å². The molecule has 2 aromatic rings. The standard InChI is InChI=1S/C19H26N2O4/c1-6-24-19(23)17-13(3)11-15(5)21(17)8-7-9-25-18(22)16-12(2)10-14(4)20-16/h10-11,20H,6-9H2,1-5H3. The van der Waals surface area contributed by atoms with Gasteiger partial charge in [0, 0.05) is 17.9 Å². The normalized spacial score (nSPS) is 10.8. The van der Waals surface area contributed by atoms with Crippen molar-refractivity contribution in [2.24, 2.45) is 0 Å². The molecule has 0 spiro atoms. The van der Waals surface area contributed by atoms with Crippen LogP contribution in [0.5, 0.6) is 0 Å². The molecular formula is C19H26N2O4. The van der Waals surface area contributed by atoms with Crippen LogP contribution >= 0.6 is 0 Å². The van der Waals surface area contributed by atoms with Gasteiger partial charge in [-0.3, -0.25) is 0 Å². The molecule has 1 N–H and O–H groups in total. The SMILES string of the molecule is CCOC(=O)c1c(C)cc(C)n1CCCOC(=O)c1[nH]c(C)cc1C.